The molecular weight excluding hydrogens is 876 g/mol. The SMILES string of the molecule is CCCCCCCC/C=C/CC/C=C/C(O)C(COP(=O)([O-])OCC[N+](C)(C)C)NC(=O)CCCCCCCCCCCCCCCCCCC/C=C\C/C=C\CCCCCCCCCCCCC. The van der Waals surface area contributed by atoms with Gasteiger partial charge in [-0.3, -0.25) is 9.36 Å². The van der Waals surface area contributed by atoms with Gasteiger partial charge in [-0.25, -0.2) is 0 Å². The van der Waals surface area contributed by atoms with Crippen LogP contribution in [0.3, 0.4) is 0 Å². The third kappa shape index (κ3) is 54.1. The van der Waals surface area contributed by atoms with Crippen LogP contribution < -0.4 is 10.2 Å². The predicted octanol–water partition coefficient (Wildman–Crippen LogP) is 17.3. The third-order valence-electron chi connectivity index (χ3n) is 13.3. The lowest BCUT2D eigenvalue weighted by Crippen LogP contribution is -2.45. The van der Waals surface area contributed by atoms with Gasteiger partial charge in [-0.1, -0.05) is 255 Å². The van der Waals surface area contributed by atoms with E-state index in [9.17, 15) is 19.4 Å². The summed E-state index contributed by atoms with van der Waals surface area (Å²) in [5.41, 5.74) is 0. The summed E-state index contributed by atoms with van der Waals surface area (Å²) in [4.78, 5) is 25.4. The fraction of sp³-hybridized carbons (Fsp3) is 0.850. The summed E-state index contributed by atoms with van der Waals surface area (Å²) in [5.74, 6) is -0.206. The number of nitrogens with one attached hydrogen (secondary N) is 1. The fourth-order valence-corrected chi connectivity index (χ4v) is 9.34. The second-order valence-electron chi connectivity index (χ2n) is 21.3. The molecule has 8 nitrogen and oxygen atoms in total. The highest BCUT2D eigenvalue weighted by Crippen LogP contribution is 2.38. The Morgan fingerprint density at radius 2 is 0.855 bits per heavy atom. The number of allylic oxidation sites excluding steroid dienone is 7. The Kier molecular flexibility index (Phi) is 50.2. The van der Waals surface area contributed by atoms with Gasteiger partial charge in [0.05, 0.1) is 39.9 Å². The Balaban J connectivity index is 3.97. The maximum atomic E-state index is 12.9. The summed E-state index contributed by atoms with van der Waals surface area (Å²) in [7, 11) is 1.25. The minimum absolute atomic E-state index is 0.00632. The molecule has 9 heteroatoms. The van der Waals surface area contributed by atoms with Gasteiger partial charge < -0.3 is 28.8 Å². The number of phosphoric acid groups is 1. The Labute approximate surface area is 429 Å². The van der Waals surface area contributed by atoms with Gasteiger partial charge in [0.2, 0.25) is 5.91 Å². The molecule has 0 rings (SSSR count). The lowest BCUT2D eigenvalue weighted by Gasteiger charge is -2.29. The summed E-state index contributed by atoms with van der Waals surface area (Å²) in [6, 6.07) is -0.902. The van der Waals surface area contributed by atoms with E-state index in [1.54, 1.807) is 6.08 Å². The van der Waals surface area contributed by atoms with E-state index in [-0.39, 0.29) is 12.5 Å². The van der Waals surface area contributed by atoms with Gasteiger partial charge in [-0.2, -0.15) is 0 Å². The molecule has 3 atom stereocenters. The van der Waals surface area contributed by atoms with Crippen molar-refractivity contribution in [2.75, 3.05) is 40.9 Å². The van der Waals surface area contributed by atoms with Crippen LogP contribution in [0.25, 0.3) is 0 Å². The van der Waals surface area contributed by atoms with Crippen molar-refractivity contribution >= 4 is 13.7 Å². The van der Waals surface area contributed by atoms with Crippen LogP contribution in [0.5, 0.6) is 0 Å². The standard InChI is InChI=1S/C60H115N2O6P/c1-6-8-10-12-14-16-18-20-21-22-23-24-25-26-27-28-29-30-31-32-33-34-35-36-37-38-39-40-41-42-44-46-48-50-52-54-60(64)61-58(57-68-69(65,66)67-56-55-62(3,4)5)59(63)53-51-49-47-45-43-19-17-15-13-11-9-7-2/h25-26,28-29,43,45,51,53,58-59,63H,6-24,27,30-42,44,46-50,52,54-57H2,1-5H3,(H-,61,64,65,66)/b26-25-,29-28-,45-43+,53-51+. The molecule has 0 spiro atoms. The normalized spacial score (nSPS) is 14.2. The Bertz CT molecular complexity index is 1260. The number of rotatable bonds is 54. The molecular formula is C60H115N2O6P. The number of hydrogen-bond donors (Lipinski definition) is 2. The first-order valence-electron chi connectivity index (χ1n) is 29.5. The van der Waals surface area contributed by atoms with Gasteiger partial charge in [-0.15, -0.1) is 0 Å². The van der Waals surface area contributed by atoms with Crippen LogP contribution in [-0.4, -0.2) is 68.5 Å². The van der Waals surface area contributed by atoms with Crippen LogP contribution in [0, 0.1) is 0 Å². The lowest BCUT2D eigenvalue weighted by molar-refractivity contribution is -0.870. The number of hydrogen-bond acceptors (Lipinski definition) is 6. The highest BCUT2D eigenvalue weighted by Gasteiger charge is 2.23. The highest BCUT2D eigenvalue weighted by atomic mass is 31.2. The average molecular weight is 992 g/mol. The van der Waals surface area contributed by atoms with E-state index in [1.807, 2.05) is 27.2 Å². The van der Waals surface area contributed by atoms with Gasteiger partial charge in [0.15, 0.2) is 0 Å². The third-order valence-corrected chi connectivity index (χ3v) is 14.2. The van der Waals surface area contributed by atoms with Crippen LogP contribution in [0.4, 0.5) is 0 Å². The monoisotopic (exact) mass is 991 g/mol. The first-order chi connectivity index (χ1) is 33.5. The van der Waals surface area contributed by atoms with E-state index in [1.165, 1.54) is 212 Å². The maximum absolute atomic E-state index is 12.9. The van der Waals surface area contributed by atoms with E-state index in [4.69, 9.17) is 9.05 Å². The first-order valence-corrected chi connectivity index (χ1v) is 31.0. The van der Waals surface area contributed by atoms with Gasteiger partial charge in [0, 0.05) is 6.42 Å². The largest absolute Gasteiger partial charge is 0.756 e. The Morgan fingerprint density at radius 3 is 1.26 bits per heavy atom. The molecule has 0 aliphatic heterocycles. The Morgan fingerprint density at radius 1 is 0.507 bits per heavy atom. The van der Waals surface area contributed by atoms with Crippen molar-refractivity contribution in [1.29, 1.82) is 0 Å². The smallest absolute Gasteiger partial charge is 0.268 e. The van der Waals surface area contributed by atoms with Crippen molar-refractivity contribution in [3.8, 4) is 0 Å². The molecule has 0 fully saturated rings. The zero-order valence-electron chi connectivity index (χ0n) is 46.3. The van der Waals surface area contributed by atoms with Crippen molar-refractivity contribution in [1.82, 2.24) is 5.32 Å². The molecule has 0 aromatic carbocycles. The zero-order chi connectivity index (χ0) is 50.6. The van der Waals surface area contributed by atoms with E-state index < -0.39 is 26.6 Å². The van der Waals surface area contributed by atoms with Crippen LogP contribution in [-0.2, 0) is 18.4 Å². The van der Waals surface area contributed by atoms with E-state index >= 15 is 0 Å². The number of unbranched alkanes of at least 4 members (excludes halogenated alkanes) is 35. The molecule has 0 saturated carbocycles. The van der Waals surface area contributed by atoms with E-state index in [0.29, 0.717) is 17.4 Å². The van der Waals surface area contributed by atoms with Gasteiger partial charge in [0.1, 0.15) is 13.2 Å². The second kappa shape index (κ2) is 51.4. The van der Waals surface area contributed by atoms with Crippen molar-refractivity contribution in [2.24, 2.45) is 0 Å². The average Bonchev–Trinajstić information content (AvgIpc) is 3.31. The van der Waals surface area contributed by atoms with Crippen molar-refractivity contribution in [2.45, 2.75) is 289 Å². The number of quaternary nitrogens is 1. The quantitative estimate of drug-likeness (QED) is 0.0272. The molecule has 406 valence electrons. The van der Waals surface area contributed by atoms with Crippen molar-refractivity contribution < 1.29 is 32.9 Å². The molecule has 0 heterocycles. The highest BCUT2D eigenvalue weighted by molar-refractivity contribution is 7.45. The number of carbonyl (C=O) groups excluding carboxylic acids is 1. The lowest BCUT2D eigenvalue weighted by atomic mass is 10.0. The molecule has 69 heavy (non-hydrogen) atoms. The number of phosphoric ester groups is 1. The molecule has 2 N–H and O–H groups in total. The topological polar surface area (TPSA) is 108 Å². The summed E-state index contributed by atoms with van der Waals surface area (Å²) in [6.07, 6.45) is 67.9. The van der Waals surface area contributed by atoms with E-state index in [0.717, 1.165) is 44.9 Å². The number of carbonyl (C=O) groups is 1. The van der Waals surface area contributed by atoms with Gasteiger partial charge >= 0.3 is 0 Å². The summed E-state index contributed by atoms with van der Waals surface area (Å²) in [6.45, 7) is 4.63. The minimum atomic E-state index is -4.60. The molecule has 0 radical (unpaired) electrons. The number of nitrogens with zero attached hydrogens (tertiary/aromatic N) is 1. The van der Waals surface area contributed by atoms with Crippen molar-refractivity contribution in [3.63, 3.8) is 0 Å². The molecule has 0 aliphatic rings. The number of likely N-dealkylation sites (N-methyl/N-ethyl adjacent to an activating group) is 1. The summed E-state index contributed by atoms with van der Waals surface area (Å²) >= 11 is 0. The summed E-state index contributed by atoms with van der Waals surface area (Å²) in [5, 5.41) is 13.8. The number of aliphatic hydroxyl groups is 1. The molecule has 0 aliphatic carbocycles. The predicted molar refractivity (Wildman–Crippen MR) is 298 cm³/mol. The van der Waals surface area contributed by atoms with Gasteiger partial charge in [0.25, 0.3) is 7.82 Å². The minimum Gasteiger partial charge on any atom is -0.756 e. The van der Waals surface area contributed by atoms with Crippen molar-refractivity contribution in [3.05, 3.63) is 48.6 Å². The van der Waals surface area contributed by atoms with Crippen LogP contribution in [0.1, 0.15) is 277 Å². The van der Waals surface area contributed by atoms with Crippen LogP contribution in [0.15, 0.2) is 48.6 Å². The van der Waals surface area contributed by atoms with Crippen LogP contribution >= 0.6 is 7.82 Å². The summed E-state index contributed by atoms with van der Waals surface area (Å²) < 4.78 is 23.3. The van der Waals surface area contributed by atoms with E-state index in [2.05, 4.69) is 55.6 Å². The first kappa shape index (κ1) is 67.5. The molecule has 0 aromatic heterocycles. The Hall–Kier alpha value is -1.54. The second-order valence-corrected chi connectivity index (χ2v) is 22.8. The molecule has 0 saturated heterocycles. The van der Waals surface area contributed by atoms with Gasteiger partial charge in [-0.05, 0) is 64.2 Å². The maximum Gasteiger partial charge on any atom is 0.268 e. The molecule has 1 amide bonds. The fourth-order valence-electron chi connectivity index (χ4n) is 8.61. The molecule has 0 bridgehead atoms. The molecule has 0 aromatic rings. The number of amides is 1. The molecule has 3 unspecified atom stereocenters. The zero-order valence-corrected chi connectivity index (χ0v) is 47.2. The van der Waals surface area contributed by atoms with Crippen LogP contribution in [0.2, 0.25) is 0 Å². The number of aliphatic hydroxyl groups excluding tert-OH is 1.